The molecule has 0 aliphatic heterocycles. The molecule has 0 unspecified atom stereocenters. The zero-order valence-electron chi connectivity index (χ0n) is 9.83. The second kappa shape index (κ2) is 6.38. The van der Waals surface area contributed by atoms with Crippen LogP contribution in [-0.2, 0) is 16.4 Å². The molecule has 0 bridgehead atoms. The summed E-state index contributed by atoms with van der Waals surface area (Å²) in [7, 11) is -3.32. The molecule has 0 radical (unpaired) electrons. The number of rotatable bonds is 6. The Hall–Kier alpha value is -1.38. The summed E-state index contributed by atoms with van der Waals surface area (Å²) in [6.07, 6.45) is 0.477. The fourth-order valence-corrected chi connectivity index (χ4v) is 2.91. The molecule has 0 aliphatic rings. The summed E-state index contributed by atoms with van der Waals surface area (Å²) in [4.78, 5) is 0. The number of sulfonamides is 1. The first-order valence-corrected chi connectivity index (χ1v) is 7.09. The van der Waals surface area contributed by atoms with Crippen LogP contribution in [0.3, 0.4) is 0 Å². The van der Waals surface area contributed by atoms with Crippen LogP contribution in [0, 0.1) is 11.3 Å². The van der Waals surface area contributed by atoms with Crippen molar-refractivity contribution in [2.75, 3.05) is 18.8 Å². The minimum Gasteiger partial charge on any atom is -0.212 e. The molecule has 0 aliphatic carbocycles. The van der Waals surface area contributed by atoms with Crippen LogP contribution in [-0.4, -0.2) is 31.6 Å². The third-order valence-corrected chi connectivity index (χ3v) is 4.38. The predicted molar refractivity (Wildman–Crippen MR) is 66.8 cm³/mol. The van der Waals surface area contributed by atoms with Gasteiger partial charge in [-0.1, -0.05) is 37.3 Å². The molecule has 1 aromatic rings. The van der Waals surface area contributed by atoms with E-state index >= 15 is 0 Å². The normalized spacial score (nSPS) is 11.4. The highest BCUT2D eigenvalue weighted by Gasteiger charge is 2.19. The van der Waals surface area contributed by atoms with Crippen LogP contribution < -0.4 is 0 Å². The van der Waals surface area contributed by atoms with Gasteiger partial charge in [0.25, 0.3) is 0 Å². The Balaban J connectivity index is 2.64. The molecule has 0 fully saturated rings. The van der Waals surface area contributed by atoms with Crippen LogP contribution in [0.5, 0.6) is 0 Å². The Morgan fingerprint density at radius 1 is 1.29 bits per heavy atom. The highest BCUT2D eigenvalue weighted by Crippen LogP contribution is 2.06. The van der Waals surface area contributed by atoms with E-state index in [0.717, 1.165) is 5.56 Å². The predicted octanol–water partition coefficient (Wildman–Crippen LogP) is 1.40. The standard InChI is InChI=1S/C12H16N2O2S/c1-2-14(10-9-13)17(15,16)11-8-12-6-4-3-5-7-12/h3-7H,2,8,10-11H2,1H3. The van der Waals surface area contributed by atoms with E-state index in [4.69, 9.17) is 5.26 Å². The maximum atomic E-state index is 11.9. The van der Waals surface area contributed by atoms with E-state index in [1.807, 2.05) is 36.4 Å². The van der Waals surface area contributed by atoms with Crippen molar-refractivity contribution in [2.45, 2.75) is 13.3 Å². The van der Waals surface area contributed by atoms with Crippen LogP contribution >= 0.6 is 0 Å². The zero-order chi connectivity index (χ0) is 12.7. The van der Waals surface area contributed by atoms with Gasteiger partial charge in [0, 0.05) is 6.54 Å². The quantitative estimate of drug-likeness (QED) is 0.719. The molecule has 0 atom stereocenters. The maximum absolute atomic E-state index is 11.9. The molecule has 0 saturated carbocycles. The van der Waals surface area contributed by atoms with Gasteiger partial charge in [0.15, 0.2) is 0 Å². The Kier molecular flexibility index (Phi) is 5.13. The topological polar surface area (TPSA) is 61.2 Å². The van der Waals surface area contributed by atoms with Crippen molar-refractivity contribution in [3.63, 3.8) is 0 Å². The molecule has 17 heavy (non-hydrogen) atoms. The molecule has 5 heteroatoms. The third-order valence-electron chi connectivity index (χ3n) is 2.48. The van der Waals surface area contributed by atoms with Crippen molar-refractivity contribution in [2.24, 2.45) is 0 Å². The Labute approximate surface area is 103 Å². The number of aryl methyl sites for hydroxylation is 1. The summed E-state index contributed by atoms with van der Waals surface area (Å²) in [6, 6.07) is 11.3. The van der Waals surface area contributed by atoms with Crippen LogP contribution in [0.2, 0.25) is 0 Å². The molecule has 0 spiro atoms. The van der Waals surface area contributed by atoms with Gasteiger partial charge >= 0.3 is 0 Å². The highest BCUT2D eigenvalue weighted by molar-refractivity contribution is 7.89. The summed E-state index contributed by atoms with van der Waals surface area (Å²) in [6.45, 7) is 2.00. The molecule has 4 nitrogen and oxygen atoms in total. The van der Waals surface area contributed by atoms with Gasteiger partial charge in [0.2, 0.25) is 10.0 Å². The second-order valence-electron chi connectivity index (χ2n) is 3.64. The molecule has 0 amide bonds. The number of benzene rings is 1. The van der Waals surface area contributed by atoms with E-state index in [-0.39, 0.29) is 12.3 Å². The lowest BCUT2D eigenvalue weighted by Gasteiger charge is -2.16. The van der Waals surface area contributed by atoms with Gasteiger partial charge < -0.3 is 0 Å². The summed E-state index contributed by atoms with van der Waals surface area (Å²) < 4.78 is 25.0. The van der Waals surface area contributed by atoms with E-state index in [1.54, 1.807) is 6.92 Å². The van der Waals surface area contributed by atoms with Gasteiger partial charge in [-0.25, -0.2) is 8.42 Å². The average molecular weight is 252 g/mol. The first kappa shape index (κ1) is 13.7. The Bertz CT molecular complexity index is 477. The first-order chi connectivity index (χ1) is 8.10. The molecule has 1 rings (SSSR count). The minimum absolute atomic E-state index is 0.0481. The van der Waals surface area contributed by atoms with E-state index in [9.17, 15) is 8.42 Å². The van der Waals surface area contributed by atoms with Gasteiger partial charge in [-0.05, 0) is 12.0 Å². The first-order valence-electron chi connectivity index (χ1n) is 5.49. The largest absolute Gasteiger partial charge is 0.215 e. The molecule has 0 heterocycles. The molecule has 0 saturated heterocycles. The van der Waals surface area contributed by atoms with Gasteiger partial charge in [-0.3, -0.25) is 0 Å². The molecule has 92 valence electrons. The van der Waals surface area contributed by atoms with Gasteiger partial charge in [0.05, 0.1) is 11.8 Å². The average Bonchev–Trinajstić information content (AvgIpc) is 2.34. The monoisotopic (exact) mass is 252 g/mol. The van der Waals surface area contributed by atoms with Gasteiger partial charge in [-0.15, -0.1) is 0 Å². The van der Waals surface area contributed by atoms with Crippen LogP contribution in [0.25, 0.3) is 0 Å². The third kappa shape index (κ3) is 4.17. The lowest BCUT2D eigenvalue weighted by Crippen LogP contribution is -2.33. The summed E-state index contributed by atoms with van der Waals surface area (Å²) >= 11 is 0. The smallest absolute Gasteiger partial charge is 0.212 e. The molecular formula is C12H16N2O2S. The van der Waals surface area contributed by atoms with Crippen molar-refractivity contribution in [3.05, 3.63) is 35.9 Å². The molecule has 0 aromatic heterocycles. The number of hydrogen-bond donors (Lipinski definition) is 0. The summed E-state index contributed by atoms with van der Waals surface area (Å²) in [5.41, 5.74) is 0.990. The zero-order valence-corrected chi connectivity index (χ0v) is 10.7. The summed E-state index contributed by atoms with van der Waals surface area (Å²) in [5, 5.41) is 8.56. The number of hydrogen-bond acceptors (Lipinski definition) is 3. The lowest BCUT2D eigenvalue weighted by atomic mass is 10.2. The SMILES string of the molecule is CCN(CC#N)S(=O)(=O)CCc1ccccc1. The molecular weight excluding hydrogens is 236 g/mol. The van der Waals surface area contributed by atoms with Crippen LogP contribution in [0.1, 0.15) is 12.5 Å². The van der Waals surface area contributed by atoms with Crippen molar-refractivity contribution in [3.8, 4) is 6.07 Å². The molecule has 1 aromatic carbocycles. The second-order valence-corrected chi connectivity index (χ2v) is 5.72. The number of nitriles is 1. The minimum atomic E-state index is -3.32. The fourth-order valence-electron chi connectivity index (χ4n) is 1.51. The Morgan fingerprint density at radius 2 is 1.94 bits per heavy atom. The maximum Gasteiger partial charge on any atom is 0.215 e. The fraction of sp³-hybridized carbons (Fsp3) is 0.417. The van der Waals surface area contributed by atoms with Crippen LogP contribution in [0.4, 0.5) is 0 Å². The van der Waals surface area contributed by atoms with Crippen molar-refractivity contribution in [1.29, 1.82) is 5.26 Å². The molecule has 0 N–H and O–H groups in total. The van der Waals surface area contributed by atoms with Crippen molar-refractivity contribution in [1.82, 2.24) is 4.31 Å². The van der Waals surface area contributed by atoms with E-state index in [2.05, 4.69) is 0 Å². The van der Waals surface area contributed by atoms with E-state index in [1.165, 1.54) is 4.31 Å². The summed E-state index contributed by atoms with van der Waals surface area (Å²) in [5.74, 6) is 0.0481. The van der Waals surface area contributed by atoms with Crippen molar-refractivity contribution >= 4 is 10.0 Å². The van der Waals surface area contributed by atoms with E-state index in [0.29, 0.717) is 13.0 Å². The Morgan fingerprint density at radius 3 is 2.47 bits per heavy atom. The lowest BCUT2D eigenvalue weighted by molar-refractivity contribution is 0.462. The highest BCUT2D eigenvalue weighted by atomic mass is 32.2. The van der Waals surface area contributed by atoms with Gasteiger partial charge in [0.1, 0.15) is 6.54 Å². The van der Waals surface area contributed by atoms with Gasteiger partial charge in [-0.2, -0.15) is 9.57 Å². The van der Waals surface area contributed by atoms with Crippen LogP contribution in [0.15, 0.2) is 30.3 Å². The number of nitrogens with zero attached hydrogens (tertiary/aromatic N) is 2. The van der Waals surface area contributed by atoms with E-state index < -0.39 is 10.0 Å². The van der Waals surface area contributed by atoms with Crippen molar-refractivity contribution < 1.29 is 8.42 Å².